The predicted molar refractivity (Wildman–Crippen MR) is 144 cm³/mol. The number of carboxylic acids is 1. The summed E-state index contributed by atoms with van der Waals surface area (Å²) in [6, 6.07) is 13.9. The number of amides is 1. The number of carbonyl (C=O) groups is 2. The summed E-state index contributed by atoms with van der Waals surface area (Å²) in [6.45, 7) is 4.69. The molecule has 1 fully saturated rings. The van der Waals surface area contributed by atoms with Crippen molar-refractivity contribution in [3.8, 4) is 0 Å². The van der Waals surface area contributed by atoms with Crippen LogP contribution in [0.4, 0.5) is 5.69 Å². The lowest BCUT2D eigenvalue weighted by Gasteiger charge is -2.16. The fourth-order valence-corrected chi connectivity index (χ4v) is 4.82. The Morgan fingerprint density at radius 3 is 2.57 bits per heavy atom. The highest BCUT2D eigenvalue weighted by atomic mass is 16.4. The summed E-state index contributed by atoms with van der Waals surface area (Å²) in [4.78, 5) is 33.1. The Morgan fingerprint density at radius 1 is 1.14 bits per heavy atom. The van der Waals surface area contributed by atoms with Gasteiger partial charge in [-0.1, -0.05) is 25.0 Å². The lowest BCUT2D eigenvalue weighted by atomic mass is 10.1. The summed E-state index contributed by atoms with van der Waals surface area (Å²) in [5.41, 5.74) is 5.71. The second-order valence-corrected chi connectivity index (χ2v) is 9.68. The largest absolute Gasteiger partial charge is 0.481 e. The van der Waals surface area contributed by atoms with Gasteiger partial charge in [-0.15, -0.1) is 0 Å². The summed E-state index contributed by atoms with van der Waals surface area (Å²) >= 11 is 0. The Labute approximate surface area is 216 Å². The van der Waals surface area contributed by atoms with E-state index >= 15 is 0 Å². The lowest BCUT2D eigenvalue weighted by molar-refractivity contribution is -0.134. The van der Waals surface area contributed by atoms with Crippen LogP contribution >= 0.6 is 0 Å². The molecule has 1 aliphatic rings. The van der Waals surface area contributed by atoms with Crippen molar-refractivity contribution in [2.45, 2.75) is 52.5 Å². The van der Waals surface area contributed by atoms with Crippen LogP contribution in [0.5, 0.6) is 0 Å². The van der Waals surface area contributed by atoms with Crippen molar-refractivity contribution >= 4 is 39.6 Å². The van der Waals surface area contributed by atoms with E-state index in [9.17, 15) is 4.79 Å². The maximum Gasteiger partial charge on any atom is 0.300 e. The van der Waals surface area contributed by atoms with Crippen LogP contribution in [-0.2, 0) is 22.6 Å². The zero-order valence-electron chi connectivity index (χ0n) is 21.7. The molecule has 0 spiro atoms. The number of hydrogen-bond donors (Lipinski definition) is 2. The maximum atomic E-state index is 12.6. The summed E-state index contributed by atoms with van der Waals surface area (Å²) in [7, 11) is 2.10. The van der Waals surface area contributed by atoms with Crippen molar-refractivity contribution < 1.29 is 19.1 Å². The number of rotatable bonds is 7. The third-order valence-electron chi connectivity index (χ3n) is 6.66. The third-order valence-corrected chi connectivity index (χ3v) is 6.66. The van der Waals surface area contributed by atoms with Crippen LogP contribution in [0.2, 0.25) is 0 Å². The molecule has 2 aromatic heterocycles. The number of nitrogens with one attached hydrogen (secondary N) is 1. The van der Waals surface area contributed by atoms with Crippen LogP contribution in [0.1, 0.15) is 49.6 Å². The van der Waals surface area contributed by atoms with E-state index in [1.54, 1.807) is 0 Å². The molecule has 0 bridgehead atoms. The highest BCUT2D eigenvalue weighted by Crippen LogP contribution is 2.30. The van der Waals surface area contributed by atoms with Gasteiger partial charge in [0, 0.05) is 42.6 Å². The fraction of sp³-hybridized carbons (Fsp3) is 0.379. The van der Waals surface area contributed by atoms with Crippen LogP contribution in [0.3, 0.4) is 0 Å². The molecule has 0 radical (unpaired) electrons. The summed E-state index contributed by atoms with van der Waals surface area (Å²) < 4.78 is 6.00. The number of furan rings is 1. The quantitative estimate of drug-likeness (QED) is 0.340. The van der Waals surface area contributed by atoms with E-state index in [-0.39, 0.29) is 11.8 Å². The number of anilines is 1. The minimum atomic E-state index is -0.833. The van der Waals surface area contributed by atoms with Crippen molar-refractivity contribution in [3.05, 3.63) is 65.7 Å². The van der Waals surface area contributed by atoms with Crippen LogP contribution in [0.15, 0.2) is 53.1 Å². The number of aromatic nitrogens is 2. The molecule has 8 nitrogen and oxygen atoms in total. The molecule has 2 N–H and O–H groups in total. The second-order valence-electron chi connectivity index (χ2n) is 9.68. The van der Waals surface area contributed by atoms with Crippen molar-refractivity contribution in [2.24, 2.45) is 5.92 Å². The van der Waals surface area contributed by atoms with Gasteiger partial charge in [0.25, 0.3) is 5.97 Å². The van der Waals surface area contributed by atoms with Gasteiger partial charge >= 0.3 is 0 Å². The van der Waals surface area contributed by atoms with Crippen LogP contribution < -0.4 is 5.32 Å². The zero-order chi connectivity index (χ0) is 26.4. The van der Waals surface area contributed by atoms with Gasteiger partial charge in [-0.2, -0.15) is 0 Å². The maximum absolute atomic E-state index is 12.6. The van der Waals surface area contributed by atoms with Gasteiger partial charge in [0.2, 0.25) is 5.91 Å². The third kappa shape index (κ3) is 6.92. The van der Waals surface area contributed by atoms with Gasteiger partial charge in [0.15, 0.2) is 0 Å². The first-order chi connectivity index (χ1) is 17.8. The highest BCUT2D eigenvalue weighted by Gasteiger charge is 2.23. The Morgan fingerprint density at radius 2 is 1.84 bits per heavy atom. The number of likely N-dealkylation sites (N-methyl/N-ethyl adjacent to an activating group) is 1. The number of aliphatic carboxylic acids is 1. The van der Waals surface area contributed by atoms with E-state index in [0.717, 1.165) is 91.3 Å². The number of hydrogen-bond acceptors (Lipinski definition) is 6. The van der Waals surface area contributed by atoms with Crippen molar-refractivity contribution in [1.82, 2.24) is 14.9 Å². The molecule has 0 saturated heterocycles. The van der Waals surface area contributed by atoms with Gasteiger partial charge in [-0.3, -0.25) is 14.6 Å². The van der Waals surface area contributed by atoms with E-state index in [1.165, 1.54) is 5.56 Å². The molecule has 5 rings (SSSR count). The molecule has 0 aliphatic heterocycles. The predicted octanol–water partition coefficient (Wildman–Crippen LogP) is 5.58. The molecule has 4 aromatic rings. The Balaban J connectivity index is 0.000000747. The molecule has 2 aromatic carbocycles. The van der Waals surface area contributed by atoms with E-state index in [0.29, 0.717) is 0 Å². The fourth-order valence-electron chi connectivity index (χ4n) is 4.82. The van der Waals surface area contributed by atoms with E-state index < -0.39 is 5.97 Å². The van der Waals surface area contributed by atoms with Gasteiger partial charge < -0.3 is 19.7 Å². The SMILES string of the molecule is CC(=O)O.Cc1oc2ccc(NC(=O)C3CCCC3)cc2c1CCN(C)Cc1cnc2ccccc2n1. The summed E-state index contributed by atoms with van der Waals surface area (Å²) in [6.07, 6.45) is 7.02. The molecular weight excluding hydrogens is 468 g/mol. The van der Waals surface area contributed by atoms with E-state index in [4.69, 9.17) is 19.3 Å². The average molecular weight is 503 g/mol. The van der Waals surface area contributed by atoms with E-state index in [1.807, 2.05) is 49.5 Å². The van der Waals surface area contributed by atoms with Gasteiger partial charge in [-0.05, 0) is 63.6 Å². The number of para-hydroxylation sites is 2. The molecule has 2 heterocycles. The van der Waals surface area contributed by atoms with Crippen molar-refractivity contribution in [1.29, 1.82) is 0 Å². The molecule has 37 heavy (non-hydrogen) atoms. The standard InChI is InChI=1S/C27H30N4O2.C2H4O2/c1-18-22(13-14-31(2)17-21-16-28-24-9-5-6-10-25(24)29-21)23-15-20(11-12-26(23)33-18)30-27(32)19-7-3-4-8-19;1-2(3)4/h5-6,9-12,15-16,19H,3-4,7-8,13-14,17H2,1-2H3,(H,30,32);1H3,(H,3,4). The van der Waals surface area contributed by atoms with Gasteiger partial charge in [0.05, 0.1) is 22.9 Å². The zero-order valence-corrected chi connectivity index (χ0v) is 21.7. The Kier molecular flexibility index (Phi) is 8.50. The summed E-state index contributed by atoms with van der Waals surface area (Å²) in [5.74, 6) is 0.395. The number of benzene rings is 2. The number of aryl methyl sites for hydroxylation is 1. The summed E-state index contributed by atoms with van der Waals surface area (Å²) in [5, 5.41) is 11.6. The average Bonchev–Trinajstić information content (AvgIpc) is 3.50. The topological polar surface area (TPSA) is 109 Å². The van der Waals surface area contributed by atoms with Crippen LogP contribution in [0.25, 0.3) is 22.0 Å². The van der Waals surface area contributed by atoms with Crippen LogP contribution in [-0.4, -0.2) is 45.4 Å². The molecular formula is C29H34N4O4. The van der Waals surface area contributed by atoms with Gasteiger partial charge in [0.1, 0.15) is 11.3 Å². The molecule has 1 saturated carbocycles. The first-order valence-corrected chi connectivity index (χ1v) is 12.7. The monoisotopic (exact) mass is 502 g/mol. The number of nitrogens with zero attached hydrogens (tertiary/aromatic N) is 3. The molecule has 0 unspecified atom stereocenters. The highest BCUT2D eigenvalue weighted by molar-refractivity contribution is 5.95. The van der Waals surface area contributed by atoms with E-state index in [2.05, 4.69) is 28.3 Å². The molecule has 1 amide bonds. The Bertz CT molecular complexity index is 1390. The molecule has 0 atom stereocenters. The molecule has 1 aliphatic carbocycles. The van der Waals surface area contributed by atoms with Crippen molar-refractivity contribution in [2.75, 3.05) is 18.9 Å². The second kappa shape index (κ2) is 12.0. The number of fused-ring (bicyclic) bond motifs is 2. The van der Waals surface area contributed by atoms with Gasteiger partial charge in [-0.25, -0.2) is 4.98 Å². The number of carbonyl (C=O) groups excluding carboxylic acids is 1. The normalized spacial score (nSPS) is 13.6. The molecule has 8 heteroatoms. The first kappa shape index (κ1) is 26.3. The smallest absolute Gasteiger partial charge is 0.300 e. The number of carboxylic acid groups (broad SMARTS) is 1. The lowest BCUT2D eigenvalue weighted by Crippen LogP contribution is -2.21. The van der Waals surface area contributed by atoms with Crippen LogP contribution in [0, 0.1) is 12.8 Å². The van der Waals surface area contributed by atoms with Crippen molar-refractivity contribution in [3.63, 3.8) is 0 Å². The first-order valence-electron chi connectivity index (χ1n) is 12.7. The Hall–Kier alpha value is -3.78. The molecule has 194 valence electrons. The minimum absolute atomic E-state index is 0.143. The minimum Gasteiger partial charge on any atom is -0.481 e.